The highest BCUT2D eigenvalue weighted by molar-refractivity contribution is 4.73. The van der Waals surface area contributed by atoms with Crippen molar-refractivity contribution in [2.45, 2.75) is 64.7 Å². The fraction of sp³-hybridized carbons (Fsp3) is 1.00. The molecular weight excluding hydrogens is 194 g/mol. The topological polar surface area (TPSA) is 12.0 Å². The minimum Gasteiger partial charge on any atom is -0.316 e. The van der Waals surface area contributed by atoms with Crippen molar-refractivity contribution < 1.29 is 0 Å². The van der Waals surface area contributed by atoms with Gasteiger partial charge in [-0.3, -0.25) is 0 Å². The van der Waals surface area contributed by atoms with Crippen molar-refractivity contribution in [3.63, 3.8) is 0 Å². The van der Waals surface area contributed by atoms with Gasteiger partial charge in [0, 0.05) is 0 Å². The van der Waals surface area contributed by atoms with E-state index in [-0.39, 0.29) is 0 Å². The third-order valence-electron chi connectivity index (χ3n) is 4.73. The molecule has 0 aromatic rings. The molecule has 1 nitrogen and oxygen atoms in total. The van der Waals surface area contributed by atoms with Gasteiger partial charge in [0.15, 0.2) is 0 Å². The summed E-state index contributed by atoms with van der Waals surface area (Å²) in [6.45, 7) is 5.00. The van der Waals surface area contributed by atoms with Gasteiger partial charge in [-0.05, 0) is 56.5 Å². The van der Waals surface area contributed by atoms with Crippen molar-refractivity contribution in [2.24, 2.45) is 17.8 Å². The van der Waals surface area contributed by atoms with Crippen molar-refractivity contribution in [3.05, 3.63) is 0 Å². The predicted molar refractivity (Wildman–Crippen MR) is 70.6 cm³/mol. The van der Waals surface area contributed by atoms with E-state index < -0.39 is 0 Å². The van der Waals surface area contributed by atoms with Crippen LogP contribution in [0.25, 0.3) is 0 Å². The number of hydrogen-bond donors (Lipinski definition) is 1. The summed E-state index contributed by atoms with van der Waals surface area (Å²) in [6, 6.07) is 0. The van der Waals surface area contributed by atoms with E-state index in [1.54, 1.807) is 0 Å². The Balaban J connectivity index is 1.53. The average molecular weight is 223 g/mol. The molecule has 0 spiro atoms. The highest BCUT2D eigenvalue weighted by atomic mass is 14.9. The molecule has 0 heterocycles. The van der Waals surface area contributed by atoms with E-state index in [0.717, 1.165) is 17.8 Å². The molecule has 0 radical (unpaired) electrons. The lowest BCUT2D eigenvalue weighted by Crippen LogP contribution is -2.30. The molecule has 0 bridgehead atoms. The van der Waals surface area contributed by atoms with Crippen LogP contribution in [0.4, 0.5) is 0 Å². The normalized spacial score (nSPS) is 32.8. The van der Waals surface area contributed by atoms with Gasteiger partial charge in [0.25, 0.3) is 0 Å². The zero-order valence-electron chi connectivity index (χ0n) is 11.0. The fourth-order valence-corrected chi connectivity index (χ4v) is 3.42. The monoisotopic (exact) mass is 223 g/mol. The molecule has 0 aromatic heterocycles. The molecular formula is C15H29N. The first-order valence-corrected chi connectivity index (χ1v) is 7.55. The van der Waals surface area contributed by atoms with Crippen LogP contribution in [0.1, 0.15) is 64.7 Å². The summed E-state index contributed by atoms with van der Waals surface area (Å²) in [7, 11) is 0. The summed E-state index contributed by atoms with van der Waals surface area (Å²) >= 11 is 0. The molecule has 0 atom stereocenters. The van der Waals surface area contributed by atoms with E-state index in [1.165, 1.54) is 70.9 Å². The first-order chi connectivity index (χ1) is 7.84. The predicted octanol–water partition coefficient (Wildman–Crippen LogP) is 3.98. The summed E-state index contributed by atoms with van der Waals surface area (Å²) in [5.74, 6) is 2.98. The zero-order chi connectivity index (χ0) is 11.2. The Bertz CT molecular complexity index is 176. The minimum atomic E-state index is 0.986. The average Bonchev–Trinajstić information content (AvgIpc) is 2.33. The first-order valence-electron chi connectivity index (χ1n) is 7.55. The fourth-order valence-electron chi connectivity index (χ4n) is 3.42. The maximum absolute atomic E-state index is 3.74. The van der Waals surface area contributed by atoms with E-state index in [2.05, 4.69) is 12.2 Å². The Hall–Kier alpha value is -0.0400. The van der Waals surface area contributed by atoms with E-state index >= 15 is 0 Å². The molecule has 0 amide bonds. The third kappa shape index (κ3) is 4.08. The van der Waals surface area contributed by atoms with Crippen molar-refractivity contribution >= 4 is 0 Å². The van der Waals surface area contributed by atoms with Crippen LogP contribution >= 0.6 is 0 Å². The lowest BCUT2D eigenvalue weighted by atomic mass is 9.83. The molecule has 94 valence electrons. The molecule has 1 heteroatoms. The molecule has 0 aliphatic heterocycles. The summed E-state index contributed by atoms with van der Waals surface area (Å²) in [4.78, 5) is 0. The van der Waals surface area contributed by atoms with E-state index in [4.69, 9.17) is 0 Å². The standard InChI is InChI=1S/C15H29N/c1-13-7-9-15(10-8-13)12-16-11-14-5-3-2-4-6-14/h13-16H,2-12H2,1H3. The minimum absolute atomic E-state index is 0.986. The summed E-state index contributed by atoms with van der Waals surface area (Å²) in [5.41, 5.74) is 0. The van der Waals surface area contributed by atoms with Gasteiger partial charge in [0.2, 0.25) is 0 Å². The van der Waals surface area contributed by atoms with Crippen molar-refractivity contribution in [1.29, 1.82) is 0 Å². The Labute approximate surface area is 101 Å². The van der Waals surface area contributed by atoms with Crippen LogP contribution in [0, 0.1) is 17.8 Å². The molecule has 1 N–H and O–H groups in total. The van der Waals surface area contributed by atoms with Gasteiger partial charge >= 0.3 is 0 Å². The zero-order valence-corrected chi connectivity index (χ0v) is 11.0. The maximum Gasteiger partial charge on any atom is -0.00204 e. The largest absolute Gasteiger partial charge is 0.316 e. The van der Waals surface area contributed by atoms with E-state index in [0.29, 0.717) is 0 Å². The van der Waals surface area contributed by atoms with Crippen LogP contribution in [0.15, 0.2) is 0 Å². The van der Waals surface area contributed by atoms with E-state index in [9.17, 15) is 0 Å². The number of hydrogen-bond acceptors (Lipinski definition) is 1. The van der Waals surface area contributed by atoms with Crippen LogP contribution in [0.5, 0.6) is 0 Å². The number of rotatable bonds is 4. The van der Waals surface area contributed by atoms with Gasteiger partial charge in [-0.15, -0.1) is 0 Å². The molecule has 16 heavy (non-hydrogen) atoms. The van der Waals surface area contributed by atoms with Gasteiger partial charge < -0.3 is 5.32 Å². The molecule has 2 saturated carbocycles. The summed E-state index contributed by atoms with van der Waals surface area (Å²) < 4.78 is 0. The second-order valence-electron chi connectivity index (χ2n) is 6.29. The quantitative estimate of drug-likeness (QED) is 0.760. The first kappa shape index (κ1) is 12.4. The van der Waals surface area contributed by atoms with Crippen molar-refractivity contribution in [1.82, 2.24) is 5.32 Å². The summed E-state index contributed by atoms with van der Waals surface area (Å²) in [5, 5.41) is 3.74. The van der Waals surface area contributed by atoms with Gasteiger partial charge in [0.1, 0.15) is 0 Å². The lowest BCUT2D eigenvalue weighted by molar-refractivity contribution is 0.269. The maximum atomic E-state index is 3.74. The van der Waals surface area contributed by atoms with Gasteiger partial charge in [-0.1, -0.05) is 39.0 Å². The molecule has 2 rings (SSSR count). The third-order valence-corrected chi connectivity index (χ3v) is 4.73. The Kier molecular flexibility index (Phi) is 5.15. The molecule has 0 aromatic carbocycles. The Morgan fingerprint density at radius 2 is 1.31 bits per heavy atom. The van der Waals surface area contributed by atoms with Crippen LogP contribution in [0.2, 0.25) is 0 Å². The van der Waals surface area contributed by atoms with Crippen LogP contribution in [0.3, 0.4) is 0 Å². The molecule has 0 unspecified atom stereocenters. The van der Waals surface area contributed by atoms with Crippen molar-refractivity contribution in [2.75, 3.05) is 13.1 Å². The molecule has 2 aliphatic rings. The van der Waals surface area contributed by atoms with Crippen LogP contribution in [-0.2, 0) is 0 Å². The Morgan fingerprint density at radius 3 is 1.94 bits per heavy atom. The van der Waals surface area contributed by atoms with Crippen LogP contribution in [-0.4, -0.2) is 13.1 Å². The second kappa shape index (κ2) is 6.64. The molecule has 2 fully saturated rings. The van der Waals surface area contributed by atoms with E-state index in [1.807, 2.05) is 0 Å². The lowest BCUT2D eigenvalue weighted by Gasteiger charge is -2.28. The smallest absolute Gasteiger partial charge is 0.00204 e. The highest BCUT2D eigenvalue weighted by Crippen LogP contribution is 2.28. The number of nitrogens with one attached hydrogen (secondary N) is 1. The summed E-state index contributed by atoms with van der Waals surface area (Å²) in [6.07, 6.45) is 13.3. The van der Waals surface area contributed by atoms with Gasteiger partial charge in [-0.2, -0.15) is 0 Å². The van der Waals surface area contributed by atoms with Crippen molar-refractivity contribution in [3.8, 4) is 0 Å². The van der Waals surface area contributed by atoms with Gasteiger partial charge in [-0.25, -0.2) is 0 Å². The highest BCUT2D eigenvalue weighted by Gasteiger charge is 2.18. The van der Waals surface area contributed by atoms with Gasteiger partial charge in [0.05, 0.1) is 0 Å². The van der Waals surface area contributed by atoms with Crippen LogP contribution < -0.4 is 5.32 Å². The molecule has 0 saturated heterocycles. The SMILES string of the molecule is CC1CCC(CNCC2CCCCC2)CC1. The second-order valence-corrected chi connectivity index (χ2v) is 6.29. The Morgan fingerprint density at radius 1 is 0.750 bits per heavy atom. The molecule has 2 aliphatic carbocycles.